The van der Waals surface area contributed by atoms with Crippen LogP contribution in [0.5, 0.6) is 5.75 Å². The van der Waals surface area contributed by atoms with E-state index < -0.39 is 0 Å². The number of carbonyl (C=O) groups is 1. The SMILES string of the molecule is Cc1[nH]c2ccc(Cl)c(O)c2c1C=O. The number of phenols is 1. The van der Waals surface area contributed by atoms with E-state index in [1.807, 2.05) is 0 Å². The van der Waals surface area contributed by atoms with Crippen LogP contribution in [0.2, 0.25) is 5.02 Å². The molecule has 1 aromatic carbocycles. The van der Waals surface area contributed by atoms with E-state index in [9.17, 15) is 9.90 Å². The summed E-state index contributed by atoms with van der Waals surface area (Å²) in [5.74, 6) is -0.0457. The molecule has 1 heterocycles. The average Bonchev–Trinajstić information content (AvgIpc) is 2.48. The van der Waals surface area contributed by atoms with Gasteiger partial charge in [0.2, 0.25) is 0 Å². The number of aromatic nitrogens is 1. The number of aryl methyl sites for hydroxylation is 1. The van der Waals surface area contributed by atoms with Crippen LogP contribution in [0.15, 0.2) is 12.1 Å². The summed E-state index contributed by atoms with van der Waals surface area (Å²) in [4.78, 5) is 13.8. The van der Waals surface area contributed by atoms with Crippen LogP contribution in [-0.2, 0) is 0 Å². The number of nitrogens with one attached hydrogen (secondary N) is 1. The van der Waals surface area contributed by atoms with Crippen molar-refractivity contribution >= 4 is 28.8 Å². The number of carbonyl (C=O) groups excluding carboxylic acids is 1. The smallest absolute Gasteiger partial charge is 0.152 e. The first-order valence-corrected chi connectivity index (χ1v) is 4.48. The van der Waals surface area contributed by atoms with Gasteiger partial charge in [-0.3, -0.25) is 4.79 Å². The number of aromatic hydroxyl groups is 1. The van der Waals surface area contributed by atoms with E-state index in [4.69, 9.17) is 11.6 Å². The predicted octanol–water partition coefficient (Wildman–Crippen LogP) is 2.65. The molecule has 2 rings (SSSR count). The Hall–Kier alpha value is -1.48. The Morgan fingerprint density at radius 3 is 2.86 bits per heavy atom. The topological polar surface area (TPSA) is 53.1 Å². The van der Waals surface area contributed by atoms with Gasteiger partial charge in [0.25, 0.3) is 0 Å². The Morgan fingerprint density at radius 2 is 2.21 bits per heavy atom. The van der Waals surface area contributed by atoms with E-state index >= 15 is 0 Å². The largest absolute Gasteiger partial charge is 0.506 e. The standard InChI is InChI=1S/C10H8ClNO2/c1-5-6(4-13)9-8(12-5)3-2-7(11)10(9)14/h2-4,12,14H,1H3. The predicted molar refractivity (Wildman–Crippen MR) is 55.1 cm³/mol. The molecule has 72 valence electrons. The zero-order valence-electron chi connectivity index (χ0n) is 7.47. The lowest BCUT2D eigenvalue weighted by Gasteiger charge is -1.98. The summed E-state index contributed by atoms with van der Waals surface area (Å²) in [6.45, 7) is 1.77. The number of halogens is 1. The summed E-state index contributed by atoms with van der Waals surface area (Å²) in [6, 6.07) is 3.32. The molecule has 0 aliphatic heterocycles. The van der Waals surface area contributed by atoms with Crippen LogP contribution in [0.4, 0.5) is 0 Å². The van der Waals surface area contributed by atoms with Crippen molar-refractivity contribution in [1.29, 1.82) is 0 Å². The number of benzene rings is 1. The third kappa shape index (κ3) is 1.09. The summed E-state index contributed by atoms with van der Waals surface area (Å²) in [7, 11) is 0. The fraction of sp³-hybridized carbons (Fsp3) is 0.100. The second-order valence-corrected chi connectivity index (χ2v) is 3.51. The highest BCUT2D eigenvalue weighted by Crippen LogP contribution is 2.34. The zero-order chi connectivity index (χ0) is 10.3. The lowest BCUT2D eigenvalue weighted by atomic mass is 10.1. The quantitative estimate of drug-likeness (QED) is 0.710. The Bertz CT molecular complexity index is 516. The molecule has 3 nitrogen and oxygen atoms in total. The van der Waals surface area contributed by atoms with Crippen LogP contribution in [0.3, 0.4) is 0 Å². The lowest BCUT2D eigenvalue weighted by Crippen LogP contribution is -1.80. The van der Waals surface area contributed by atoms with E-state index in [-0.39, 0.29) is 10.8 Å². The number of H-pyrrole nitrogens is 1. The van der Waals surface area contributed by atoms with Crippen molar-refractivity contribution in [2.45, 2.75) is 6.92 Å². The second kappa shape index (κ2) is 3.03. The fourth-order valence-corrected chi connectivity index (χ4v) is 1.70. The summed E-state index contributed by atoms with van der Waals surface area (Å²) in [5.41, 5.74) is 1.90. The lowest BCUT2D eigenvalue weighted by molar-refractivity contribution is 0.112. The highest BCUT2D eigenvalue weighted by Gasteiger charge is 2.13. The monoisotopic (exact) mass is 209 g/mol. The van der Waals surface area contributed by atoms with Crippen molar-refractivity contribution in [3.63, 3.8) is 0 Å². The number of hydrogen-bond acceptors (Lipinski definition) is 2. The normalized spacial score (nSPS) is 10.7. The van der Waals surface area contributed by atoms with Gasteiger partial charge in [-0.1, -0.05) is 11.6 Å². The number of aldehydes is 1. The van der Waals surface area contributed by atoms with E-state index in [0.29, 0.717) is 22.8 Å². The van der Waals surface area contributed by atoms with E-state index in [0.717, 1.165) is 5.69 Å². The van der Waals surface area contributed by atoms with E-state index in [2.05, 4.69) is 4.98 Å². The first-order valence-electron chi connectivity index (χ1n) is 4.10. The van der Waals surface area contributed by atoms with Crippen molar-refractivity contribution in [2.75, 3.05) is 0 Å². The number of hydrogen-bond donors (Lipinski definition) is 2. The van der Waals surface area contributed by atoms with Crippen LogP contribution >= 0.6 is 11.6 Å². The van der Waals surface area contributed by atoms with Crippen molar-refractivity contribution in [3.05, 3.63) is 28.4 Å². The second-order valence-electron chi connectivity index (χ2n) is 3.10. The van der Waals surface area contributed by atoms with Crippen molar-refractivity contribution in [3.8, 4) is 5.75 Å². The summed E-state index contributed by atoms with van der Waals surface area (Å²) in [6.07, 6.45) is 0.713. The van der Waals surface area contributed by atoms with Gasteiger partial charge in [-0.2, -0.15) is 0 Å². The van der Waals surface area contributed by atoms with Crippen molar-refractivity contribution in [1.82, 2.24) is 4.98 Å². The van der Waals surface area contributed by atoms with Gasteiger partial charge in [0.15, 0.2) is 6.29 Å². The van der Waals surface area contributed by atoms with E-state index in [1.165, 1.54) is 0 Å². The first-order chi connectivity index (χ1) is 6.65. The maximum atomic E-state index is 10.8. The molecule has 0 saturated carbocycles. The number of rotatable bonds is 1. The summed E-state index contributed by atoms with van der Waals surface area (Å²) < 4.78 is 0. The van der Waals surface area contributed by atoms with Gasteiger partial charge in [0.1, 0.15) is 5.75 Å². The van der Waals surface area contributed by atoms with Gasteiger partial charge in [0, 0.05) is 11.3 Å². The van der Waals surface area contributed by atoms with E-state index in [1.54, 1.807) is 19.1 Å². The molecule has 0 bridgehead atoms. The molecular formula is C10H8ClNO2. The van der Waals surface area contributed by atoms with Gasteiger partial charge in [0.05, 0.1) is 15.9 Å². The minimum atomic E-state index is -0.0457. The molecule has 0 saturated heterocycles. The molecule has 0 spiro atoms. The third-order valence-electron chi connectivity index (χ3n) is 2.24. The van der Waals surface area contributed by atoms with Gasteiger partial charge >= 0.3 is 0 Å². The average molecular weight is 210 g/mol. The highest BCUT2D eigenvalue weighted by molar-refractivity contribution is 6.33. The van der Waals surface area contributed by atoms with Crippen molar-refractivity contribution in [2.24, 2.45) is 0 Å². The maximum absolute atomic E-state index is 10.8. The molecule has 0 fully saturated rings. The minimum absolute atomic E-state index is 0.0457. The minimum Gasteiger partial charge on any atom is -0.506 e. The summed E-state index contributed by atoms with van der Waals surface area (Å²) in [5, 5.41) is 10.4. The molecule has 0 amide bonds. The highest BCUT2D eigenvalue weighted by atomic mass is 35.5. The van der Waals surface area contributed by atoms with Gasteiger partial charge in [-0.05, 0) is 19.1 Å². The number of aromatic amines is 1. The van der Waals surface area contributed by atoms with Crippen LogP contribution in [-0.4, -0.2) is 16.4 Å². The molecule has 2 N–H and O–H groups in total. The Morgan fingerprint density at radius 1 is 1.50 bits per heavy atom. The molecule has 0 aliphatic rings. The Kier molecular flexibility index (Phi) is 1.97. The maximum Gasteiger partial charge on any atom is 0.152 e. The van der Waals surface area contributed by atoms with Crippen LogP contribution in [0, 0.1) is 6.92 Å². The van der Waals surface area contributed by atoms with Gasteiger partial charge in [-0.15, -0.1) is 0 Å². The molecule has 0 radical (unpaired) electrons. The number of fused-ring (bicyclic) bond motifs is 1. The Labute approximate surface area is 85.3 Å². The molecule has 2 aromatic rings. The molecular weight excluding hydrogens is 202 g/mol. The molecule has 0 aliphatic carbocycles. The van der Waals surface area contributed by atoms with Gasteiger partial charge < -0.3 is 10.1 Å². The Balaban J connectivity index is 2.97. The molecule has 4 heteroatoms. The summed E-state index contributed by atoms with van der Waals surface area (Å²) >= 11 is 5.75. The third-order valence-corrected chi connectivity index (χ3v) is 2.55. The zero-order valence-corrected chi connectivity index (χ0v) is 8.22. The number of phenolic OH excluding ortho intramolecular Hbond substituents is 1. The molecule has 14 heavy (non-hydrogen) atoms. The fourth-order valence-electron chi connectivity index (χ4n) is 1.55. The van der Waals surface area contributed by atoms with Crippen LogP contribution < -0.4 is 0 Å². The van der Waals surface area contributed by atoms with Crippen LogP contribution in [0.25, 0.3) is 10.9 Å². The molecule has 1 aromatic heterocycles. The molecule has 0 atom stereocenters. The molecule has 0 unspecified atom stereocenters. The van der Waals surface area contributed by atoms with Gasteiger partial charge in [-0.25, -0.2) is 0 Å². The van der Waals surface area contributed by atoms with Crippen molar-refractivity contribution < 1.29 is 9.90 Å². The van der Waals surface area contributed by atoms with Crippen LogP contribution in [0.1, 0.15) is 16.1 Å². The first kappa shape index (κ1) is 9.09.